The van der Waals surface area contributed by atoms with Gasteiger partial charge in [-0.25, -0.2) is 9.97 Å². The molecule has 1 aromatic heterocycles. The van der Waals surface area contributed by atoms with E-state index in [0.29, 0.717) is 37.8 Å². The summed E-state index contributed by atoms with van der Waals surface area (Å²) >= 11 is 0. The number of hydrogen-bond donors (Lipinski definition) is 2. The lowest BCUT2D eigenvalue weighted by atomic mass is 10.3. The van der Waals surface area contributed by atoms with Gasteiger partial charge in [-0.15, -0.1) is 0 Å². The second kappa shape index (κ2) is 9.12. The quantitative estimate of drug-likeness (QED) is 0.715. The van der Waals surface area contributed by atoms with Crippen LogP contribution in [-0.4, -0.2) is 54.6 Å². The first-order valence-corrected chi connectivity index (χ1v) is 7.20. The minimum absolute atomic E-state index is 0.0815. The number of ether oxygens (including phenoxy) is 1. The molecule has 0 aliphatic carbocycles. The third-order valence-electron chi connectivity index (χ3n) is 2.71. The van der Waals surface area contributed by atoms with Crippen molar-refractivity contribution in [2.75, 3.05) is 44.4 Å². The van der Waals surface area contributed by atoms with Gasteiger partial charge >= 0.3 is 0 Å². The Hall–Kier alpha value is -1.89. The fourth-order valence-corrected chi connectivity index (χ4v) is 1.64. The number of anilines is 2. The second-order valence-electron chi connectivity index (χ2n) is 4.69. The molecule has 118 valence electrons. The van der Waals surface area contributed by atoms with Gasteiger partial charge in [0.15, 0.2) is 5.82 Å². The molecule has 1 aromatic rings. The van der Waals surface area contributed by atoms with Crippen molar-refractivity contribution in [3.05, 3.63) is 11.9 Å². The predicted octanol–water partition coefficient (Wildman–Crippen LogP) is 1.34. The molecule has 0 aromatic carbocycles. The Bertz CT molecular complexity index is 451. The van der Waals surface area contributed by atoms with Crippen LogP contribution in [0.5, 0.6) is 0 Å². The molecule has 1 heterocycles. The Kier molecular flexibility index (Phi) is 7.45. The van der Waals surface area contributed by atoms with Crippen LogP contribution < -0.4 is 10.6 Å². The van der Waals surface area contributed by atoms with Crippen molar-refractivity contribution in [1.29, 1.82) is 0 Å². The average Bonchev–Trinajstić information content (AvgIpc) is 2.45. The van der Waals surface area contributed by atoms with Crippen LogP contribution in [0.25, 0.3) is 0 Å². The third kappa shape index (κ3) is 6.40. The van der Waals surface area contributed by atoms with E-state index in [1.807, 2.05) is 19.9 Å². The van der Waals surface area contributed by atoms with Crippen LogP contribution in [-0.2, 0) is 16.1 Å². The third-order valence-corrected chi connectivity index (χ3v) is 2.71. The summed E-state index contributed by atoms with van der Waals surface area (Å²) in [5.41, 5.74) is 0. The number of nitrogens with zero attached hydrogens (tertiary/aromatic N) is 3. The summed E-state index contributed by atoms with van der Waals surface area (Å²) in [6.45, 7) is 6.25. The summed E-state index contributed by atoms with van der Waals surface area (Å²) in [4.78, 5) is 21.9. The van der Waals surface area contributed by atoms with E-state index in [1.54, 1.807) is 19.0 Å². The van der Waals surface area contributed by atoms with Gasteiger partial charge in [0.2, 0.25) is 5.91 Å². The van der Waals surface area contributed by atoms with Gasteiger partial charge in [-0.05, 0) is 13.8 Å². The molecule has 0 aliphatic heterocycles. The van der Waals surface area contributed by atoms with Crippen LogP contribution in [0.15, 0.2) is 6.07 Å². The van der Waals surface area contributed by atoms with Gasteiger partial charge in [-0.1, -0.05) is 0 Å². The van der Waals surface area contributed by atoms with Crippen molar-refractivity contribution >= 4 is 17.5 Å². The standard InChI is InChI=1S/C14H25N5O2/c1-5-15-11-9-12(16-8-7-14(20)19(3)4)18-13(17-11)10-21-6-2/h9H,5-8,10H2,1-4H3,(H2,15,16,17,18). The van der Waals surface area contributed by atoms with Crippen molar-refractivity contribution < 1.29 is 9.53 Å². The number of amides is 1. The lowest BCUT2D eigenvalue weighted by Gasteiger charge is -2.12. The van der Waals surface area contributed by atoms with Crippen LogP contribution in [0, 0.1) is 0 Å². The summed E-state index contributed by atoms with van der Waals surface area (Å²) in [5.74, 6) is 2.15. The summed E-state index contributed by atoms with van der Waals surface area (Å²) in [5, 5.41) is 6.31. The topological polar surface area (TPSA) is 79.4 Å². The largest absolute Gasteiger partial charge is 0.374 e. The Morgan fingerprint density at radius 1 is 1.24 bits per heavy atom. The highest BCUT2D eigenvalue weighted by Gasteiger charge is 2.06. The summed E-state index contributed by atoms with van der Waals surface area (Å²) in [6.07, 6.45) is 0.425. The van der Waals surface area contributed by atoms with E-state index in [2.05, 4.69) is 20.6 Å². The molecule has 0 fully saturated rings. The van der Waals surface area contributed by atoms with Crippen molar-refractivity contribution in [2.45, 2.75) is 26.9 Å². The zero-order valence-electron chi connectivity index (χ0n) is 13.3. The number of rotatable bonds is 9. The van der Waals surface area contributed by atoms with Crippen molar-refractivity contribution in [3.63, 3.8) is 0 Å². The fraction of sp³-hybridized carbons (Fsp3) is 0.643. The summed E-state index contributed by atoms with van der Waals surface area (Å²) in [6, 6.07) is 1.83. The highest BCUT2D eigenvalue weighted by Crippen LogP contribution is 2.12. The van der Waals surface area contributed by atoms with E-state index in [1.165, 1.54) is 0 Å². The minimum atomic E-state index is 0.0815. The Morgan fingerprint density at radius 2 is 1.90 bits per heavy atom. The van der Waals surface area contributed by atoms with Crippen molar-refractivity contribution in [1.82, 2.24) is 14.9 Å². The minimum Gasteiger partial charge on any atom is -0.374 e. The first kappa shape index (κ1) is 17.2. The van der Waals surface area contributed by atoms with Gasteiger partial charge in [0.05, 0.1) is 0 Å². The molecule has 7 heteroatoms. The molecule has 7 nitrogen and oxygen atoms in total. The predicted molar refractivity (Wildman–Crippen MR) is 83.3 cm³/mol. The summed E-state index contributed by atoms with van der Waals surface area (Å²) in [7, 11) is 3.49. The number of hydrogen-bond acceptors (Lipinski definition) is 6. The number of nitrogens with one attached hydrogen (secondary N) is 2. The fourth-order valence-electron chi connectivity index (χ4n) is 1.64. The van der Waals surface area contributed by atoms with Gasteiger partial charge in [0.25, 0.3) is 0 Å². The molecule has 0 bridgehead atoms. The van der Waals surface area contributed by atoms with E-state index < -0.39 is 0 Å². The molecule has 0 unspecified atom stereocenters. The molecule has 0 aliphatic rings. The molecule has 1 amide bonds. The van der Waals surface area contributed by atoms with Gasteiger partial charge in [0.1, 0.15) is 18.2 Å². The van der Waals surface area contributed by atoms with E-state index in [-0.39, 0.29) is 5.91 Å². The van der Waals surface area contributed by atoms with Gasteiger partial charge in [0, 0.05) is 46.3 Å². The molecule has 21 heavy (non-hydrogen) atoms. The SMILES string of the molecule is CCNc1cc(NCCC(=O)N(C)C)nc(COCC)n1. The normalized spacial score (nSPS) is 10.3. The molecular weight excluding hydrogens is 270 g/mol. The smallest absolute Gasteiger partial charge is 0.223 e. The van der Waals surface area contributed by atoms with E-state index in [0.717, 1.165) is 12.4 Å². The van der Waals surface area contributed by atoms with Crippen LogP contribution in [0.1, 0.15) is 26.1 Å². The molecule has 0 saturated carbocycles. The zero-order chi connectivity index (χ0) is 15.7. The number of carbonyl (C=O) groups is 1. The lowest BCUT2D eigenvalue weighted by Crippen LogP contribution is -2.24. The zero-order valence-corrected chi connectivity index (χ0v) is 13.3. The Labute approximate surface area is 126 Å². The second-order valence-corrected chi connectivity index (χ2v) is 4.69. The first-order valence-electron chi connectivity index (χ1n) is 7.20. The van der Waals surface area contributed by atoms with E-state index in [9.17, 15) is 4.79 Å². The average molecular weight is 295 g/mol. The lowest BCUT2D eigenvalue weighted by molar-refractivity contribution is -0.128. The van der Waals surface area contributed by atoms with E-state index in [4.69, 9.17) is 4.74 Å². The highest BCUT2D eigenvalue weighted by atomic mass is 16.5. The van der Waals surface area contributed by atoms with Crippen LogP contribution in [0.4, 0.5) is 11.6 Å². The molecular formula is C14H25N5O2. The van der Waals surface area contributed by atoms with Gasteiger partial charge in [-0.3, -0.25) is 4.79 Å². The molecule has 0 spiro atoms. The van der Waals surface area contributed by atoms with Gasteiger partial charge < -0.3 is 20.3 Å². The van der Waals surface area contributed by atoms with Crippen LogP contribution in [0.3, 0.4) is 0 Å². The number of aromatic nitrogens is 2. The maximum Gasteiger partial charge on any atom is 0.223 e. The van der Waals surface area contributed by atoms with Crippen molar-refractivity contribution in [3.8, 4) is 0 Å². The summed E-state index contributed by atoms with van der Waals surface area (Å²) < 4.78 is 5.34. The maximum absolute atomic E-state index is 11.5. The van der Waals surface area contributed by atoms with Crippen LogP contribution >= 0.6 is 0 Å². The molecule has 2 N–H and O–H groups in total. The Morgan fingerprint density at radius 3 is 2.48 bits per heavy atom. The van der Waals surface area contributed by atoms with Crippen molar-refractivity contribution in [2.24, 2.45) is 0 Å². The Balaban J connectivity index is 2.66. The first-order chi connectivity index (χ1) is 10.1. The maximum atomic E-state index is 11.5. The number of carbonyl (C=O) groups excluding carboxylic acids is 1. The monoisotopic (exact) mass is 295 g/mol. The molecule has 0 atom stereocenters. The molecule has 0 radical (unpaired) electrons. The van der Waals surface area contributed by atoms with E-state index >= 15 is 0 Å². The molecule has 1 rings (SSSR count). The highest BCUT2D eigenvalue weighted by molar-refractivity contribution is 5.76. The van der Waals surface area contributed by atoms with Crippen LogP contribution in [0.2, 0.25) is 0 Å². The molecule has 0 saturated heterocycles. The van der Waals surface area contributed by atoms with Gasteiger partial charge in [-0.2, -0.15) is 0 Å².